The predicted octanol–water partition coefficient (Wildman–Crippen LogP) is 2.43. The summed E-state index contributed by atoms with van der Waals surface area (Å²) < 4.78 is 0. The predicted molar refractivity (Wildman–Crippen MR) is 64.8 cm³/mol. The van der Waals surface area contributed by atoms with Crippen LogP contribution in [0.5, 0.6) is 0 Å². The Morgan fingerprint density at radius 3 is 2.60 bits per heavy atom. The van der Waals surface area contributed by atoms with Crippen molar-refractivity contribution in [3.8, 4) is 0 Å². The van der Waals surface area contributed by atoms with E-state index in [1.165, 1.54) is 51.4 Å². The summed E-state index contributed by atoms with van der Waals surface area (Å²) in [5, 5.41) is 3.69. The molecule has 0 aromatic rings. The third-order valence-corrected chi connectivity index (χ3v) is 4.22. The second-order valence-electron chi connectivity index (χ2n) is 5.93. The molecule has 88 valence electrons. The number of rotatable bonds is 3. The first-order valence-corrected chi connectivity index (χ1v) is 6.70. The highest BCUT2D eigenvalue weighted by Gasteiger charge is 2.31. The van der Waals surface area contributed by atoms with E-state index in [2.05, 4.69) is 12.2 Å². The lowest BCUT2D eigenvalue weighted by atomic mass is 9.77. The molecule has 0 bridgehead atoms. The topological polar surface area (TPSA) is 38.0 Å². The smallest absolute Gasteiger partial charge is 0.0283 e. The molecule has 2 saturated carbocycles. The zero-order valence-corrected chi connectivity index (χ0v) is 10.1. The van der Waals surface area contributed by atoms with Crippen LogP contribution in [0.3, 0.4) is 0 Å². The standard InChI is InChI=1S/C13H26N2/c1-11-5-4-8-13(14,9-11)10-15-12-6-2-3-7-12/h11-12,15H,2-10,14H2,1H3. The van der Waals surface area contributed by atoms with E-state index in [0.29, 0.717) is 0 Å². The fraction of sp³-hybridized carbons (Fsp3) is 1.00. The van der Waals surface area contributed by atoms with E-state index < -0.39 is 0 Å². The van der Waals surface area contributed by atoms with Gasteiger partial charge in [0.1, 0.15) is 0 Å². The third kappa shape index (κ3) is 3.18. The van der Waals surface area contributed by atoms with Crippen molar-refractivity contribution in [1.29, 1.82) is 0 Å². The molecule has 2 atom stereocenters. The van der Waals surface area contributed by atoms with Crippen LogP contribution in [0.15, 0.2) is 0 Å². The van der Waals surface area contributed by atoms with Crippen molar-refractivity contribution in [1.82, 2.24) is 5.32 Å². The van der Waals surface area contributed by atoms with Crippen LogP contribution in [-0.2, 0) is 0 Å². The molecule has 0 heterocycles. The number of hydrogen-bond donors (Lipinski definition) is 2. The number of hydrogen-bond acceptors (Lipinski definition) is 2. The molecule has 15 heavy (non-hydrogen) atoms. The van der Waals surface area contributed by atoms with E-state index in [9.17, 15) is 0 Å². The van der Waals surface area contributed by atoms with Crippen LogP contribution in [0.1, 0.15) is 58.3 Å². The molecule has 2 heteroatoms. The summed E-state index contributed by atoms with van der Waals surface area (Å²) >= 11 is 0. The van der Waals surface area contributed by atoms with Crippen LogP contribution in [-0.4, -0.2) is 18.1 Å². The largest absolute Gasteiger partial charge is 0.324 e. The van der Waals surface area contributed by atoms with Gasteiger partial charge in [-0.2, -0.15) is 0 Å². The second-order valence-corrected chi connectivity index (χ2v) is 5.93. The van der Waals surface area contributed by atoms with Crippen molar-refractivity contribution in [2.75, 3.05) is 6.54 Å². The molecule has 2 unspecified atom stereocenters. The Labute approximate surface area is 94.0 Å². The Morgan fingerprint density at radius 2 is 1.93 bits per heavy atom. The third-order valence-electron chi connectivity index (χ3n) is 4.22. The molecule has 2 nitrogen and oxygen atoms in total. The zero-order chi connectivity index (χ0) is 10.7. The molecule has 2 fully saturated rings. The first kappa shape index (κ1) is 11.4. The molecular weight excluding hydrogens is 184 g/mol. The van der Waals surface area contributed by atoms with Gasteiger partial charge in [0.15, 0.2) is 0 Å². The van der Waals surface area contributed by atoms with E-state index >= 15 is 0 Å². The lowest BCUT2D eigenvalue weighted by molar-refractivity contribution is 0.223. The second kappa shape index (κ2) is 4.84. The summed E-state index contributed by atoms with van der Waals surface area (Å²) in [6.07, 6.45) is 10.7. The highest BCUT2D eigenvalue weighted by molar-refractivity contribution is 4.92. The average molecular weight is 210 g/mol. The van der Waals surface area contributed by atoms with Crippen LogP contribution < -0.4 is 11.1 Å². The Bertz CT molecular complexity index is 199. The highest BCUT2D eigenvalue weighted by Crippen LogP contribution is 2.30. The molecule has 0 aliphatic heterocycles. The molecule has 2 aliphatic carbocycles. The van der Waals surface area contributed by atoms with Gasteiger partial charge in [-0.25, -0.2) is 0 Å². The minimum atomic E-state index is 0.0975. The van der Waals surface area contributed by atoms with Gasteiger partial charge in [-0.05, 0) is 31.6 Å². The molecule has 0 spiro atoms. The quantitative estimate of drug-likeness (QED) is 0.751. The zero-order valence-electron chi connectivity index (χ0n) is 10.1. The van der Waals surface area contributed by atoms with Gasteiger partial charge < -0.3 is 11.1 Å². The van der Waals surface area contributed by atoms with Crippen molar-refractivity contribution in [3.63, 3.8) is 0 Å². The van der Waals surface area contributed by atoms with Crippen molar-refractivity contribution in [2.24, 2.45) is 11.7 Å². The van der Waals surface area contributed by atoms with Gasteiger partial charge in [0.05, 0.1) is 0 Å². The molecule has 2 rings (SSSR count). The van der Waals surface area contributed by atoms with Crippen LogP contribution in [0, 0.1) is 5.92 Å². The van der Waals surface area contributed by atoms with Gasteiger partial charge in [0.2, 0.25) is 0 Å². The molecule has 0 radical (unpaired) electrons. The molecule has 0 saturated heterocycles. The van der Waals surface area contributed by atoms with Crippen LogP contribution in [0.4, 0.5) is 0 Å². The molecule has 2 aliphatic rings. The van der Waals surface area contributed by atoms with Crippen molar-refractivity contribution >= 4 is 0 Å². The Morgan fingerprint density at radius 1 is 1.20 bits per heavy atom. The molecule has 3 N–H and O–H groups in total. The van der Waals surface area contributed by atoms with Gasteiger partial charge in [0, 0.05) is 18.1 Å². The van der Waals surface area contributed by atoms with Gasteiger partial charge in [-0.3, -0.25) is 0 Å². The fourth-order valence-corrected chi connectivity index (χ4v) is 3.34. The maximum absolute atomic E-state index is 6.47. The lowest BCUT2D eigenvalue weighted by Crippen LogP contribution is -2.53. The summed E-state index contributed by atoms with van der Waals surface area (Å²) in [5.74, 6) is 0.828. The number of nitrogens with one attached hydrogen (secondary N) is 1. The molecular formula is C13H26N2. The van der Waals surface area contributed by atoms with Gasteiger partial charge in [-0.1, -0.05) is 32.6 Å². The monoisotopic (exact) mass is 210 g/mol. The van der Waals surface area contributed by atoms with E-state index in [0.717, 1.165) is 18.5 Å². The summed E-state index contributed by atoms with van der Waals surface area (Å²) in [7, 11) is 0. The SMILES string of the molecule is CC1CCCC(N)(CNC2CCCC2)C1. The number of nitrogens with two attached hydrogens (primary N) is 1. The fourth-order valence-electron chi connectivity index (χ4n) is 3.34. The molecule has 0 aromatic heterocycles. The Balaban J connectivity index is 1.76. The maximum atomic E-state index is 6.47. The Hall–Kier alpha value is -0.0800. The first-order chi connectivity index (χ1) is 7.18. The Kier molecular flexibility index (Phi) is 3.68. The van der Waals surface area contributed by atoms with Crippen molar-refractivity contribution in [2.45, 2.75) is 69.9 Å². The van der Waals surface area contributed by atoms with Gasteiger partial charge in [-0.15, -0.1) is 0 Å². The normalized spacial score (nSPS) is 38.4. The molecule has 0 aromatic carbocycles. The lowest BCUT2D eigenvalue weighted by Gasteiger charge is -2.37. The van der Waals surface area contributed by atoms with E-state index in [4.69, 9.17) is 5.73 Å². The van der Waals surface area contributed by atoms with Crippen LogP contribution in [0.2, 0.25) is 0 Å². The summed E-state index contributed by atoms with van der Waals surface area (Å²) in [6.45, 7) is 3.39. The summed E-state index contributed by atoms with van der Waals surface area (Å²) in [6, 6.07) is 0.766. The van der Waals surface area contributed by atoms with Crippen LogP contribution in [0.25, 0.3) is 0 Å². The van der Waals surface area contributed by atoms with E-state index in [1.807, 2.05) is 0 Å². The van der Waals surface area contributed by atoms with Gasteiger partial charge in [0.25, 0.3) is 0 Å². The van der Waals surface area contributed by atoms with Crippen molar-refractivity contribution in [3.05, 3.63) is 0 Å². The highest BCUT2D eigenvalue weighted by atomic mass is 15.0. The van der Waals surface area contributed by atoms with E-state index in [-0.39, 0.29) is 5.54 Å². The van der Waals surface area contributed by atoms with E-state index in [1.54, 1.807) is 0 Å². The first-order valence-electron chi connectivity index (χ1n) is 6.70. The van der Waals surface area contributed by atoms with Crippen LogP contribution >= 0.6 is 0 Å². The minimum Gasteiger partial charge on any atom is -0.324 e. The summed E-state index contributed by atoms with van der Waals surface area (Å²) in [5.41, 5.74) is 6.56. The minimum absolute atomic E-state index is 0.0975. The van der Waals surface area contributed by atoms with Gasteiger partial charge >= 0.3 is 0 Å². The average Bonchev–Trinajstić information content (AvgIpc) is 2.67. The maximum Gasteiger partial charge on any atom is 0.0283 e. The van der Waals surface area contributed by atoms with Crippen molar-refractivity contribution < 1.29 is 0 Å². The molecule has 0 amide bonds. The summed E-state index contributed by atoms with van der Waals surface area (Å²) in [4.78, 5) is 0.